The first-order valence-electron chi connectivity index (χ1n) is 9.84. The van der Waals surface area contributed by atoms with Crippen molar-refractivity contribution >= 4 is 23.2 Å². The maximum atomic E-state index is 13.7. The third-order valence-electron chi connectivity index (χ3n) is 4.41. The maximum Gasteiger partial charge on any atom is 0.269 e. The average Bonchev–Trinajstić information content (AvgIpc) is 2.93. The molecule has 0 aliphatic carbocycles. The molecule has 0 aliphatic heterocycles. The molecule has 7 nitrogen and oxygen atoms in total. The molecular weight excluding hydrogens is 556 g/mol. The van der Waals surface area contributed by atoms with E-state index >= 15 is 0 Å². The molecule has 39 heavy (non-hydrogen) atoms. The van der Waals surface area contributed by atoms with Crippen LogP contribution in [-0.4, -0.2) is 11.8 Å². The Labute approximate surface area is 211 Å². The highest BCUT2D eigenvalue weighted by molar-refractivity contribution is 6.00. The van der Waals surface area contributed by atoms with E-state index in [1.54, 1.807) is 16.9 Å². The monoisotopic (exact) mass is 567 g/mol. The molecule has 0 unspecified atom stereocenters. The van der Waals surface area contributed by atoms with Gasteiger partial charge in [-0.25, -0.2) is 43.9 Å². The molecule has 206 valence electrons. The Balaban J connectivity index is 0.00000170. The summed E-state index contributed by atoms with van der Waals surface area (Å²) in [5.41, 5.74) is 2.27. The quantitative estimate of drug-likeness (QED) is 0.143. The van der Waals surface area contributed by atoms with Crippen molar-refractivity contribution in [3.63, 3.8) is 0 Å². The van der Waals surface area contributed by atoms with E-state index < -0.39 is 92.5 Å². The van der Waals surface area contributed by atoms with E-state index in [0.717, 1.165) is 24.3 Å². The van der Waals surface area contributed by atoms with E-state index in [9.17, 15) is 53.5 Å². The molecule has 0 saturated heterocycles. The Hall–Kier alpha value is -5.01. The van der Waals surface area contributed by atoms with Crippen molar-refractivity contribution in [3.8, 4) is 6.07 Å². The molecule has 0 aliphatic rings. The Morgan fingerprint density at radius 1 is 0.590 bits per heavy atom. The number of hydrogen-bond acceptors (Lipinski definition) is 5. The van der Waals surface area contributed by atoms with Crippen LogP contribution in [0.25, 0.3) is 0 Å². The average molecular weight is 567 g/mol. The molecule has 0 bridgehead atoms. The minimum absolute atomic E-state index is 0.435. The minimum atomic E-state index is -2.43. The van der Waals surface area contributed by atoms with Gasteiger partial charge in [-0.3, -0.25) is 31.3 Å². The largest absolute Gasteiger partial charge is 0.293 e. The van der Waals surface area contributed by atoms with Gasteiger partial charge in [0, 0.05) is 18.1 Å². The maximum absolute atomic E-state index is 13.7. The van der Waals surface area contributed by atoms with Crippen molar-refractivity contribution in [3.05, 3.63) is 93.6 Å². The van der Waals surface area contributed by atoms with Gasteiger partial charge in [0.25, 0.3) is 11.8 Å². The van der Waals surface area contributed by atoms with Gasteiger partial charge in [0.15, 0.2) is 46.5 Å². The van der Waals surface area contributed by atoms with Crippen LogP contribution >= 0.6 is 0 Å². The Kier molecular flexibility index (Phi) is 9.68. The van der Waals surface area contributed by atoms with Crippen LogP contribution in [0.4, 0.5) is 55.3 Å². The van der Waals surface area contributed by atoms with E-state index in [-0.39, 0.29) is 0 Å². The lowest BCUT2D eigenvalue weighted by Gasteiger charge is -2.13. The fourth-order valence-electron chi connectivity index (χ4n) is 2.61. The second kappa shape index (κ2) is 12.5. The molecule has 4 N–H and O–H groups in total. The number of rotatable bonds is 6. The number of carbonyl (C=O) groups is 2. The van der Waals surface area contributed by atoms with Gasteiger partial charge in [-0.1, -0.05) is 6.07 Å². The summed E-state index contributed by atoms with van der Waals surface area (Å²) in [7, 11) is 0. The second-order valence-corrected chi connectivity index (χ2v) is 6.85. The number of anilines is 2. The SMILES string of the molecule is CC#N.O=C(NNc1c(F)c(F)c(F)c(F)c1F)c1cccc(C(=O)NNc2c(F)c(F)c(F)c(F)c2F)c1. The van der Waals surface area contributed by atoms with Gasteiger partial charge >= 0.3 is 0 Å². The number of benzene rings is 3. The molecule has 0 radical (unpaired) electrons. The number of amides is 2. The number of nitrogens with one attached hydrogen (secondary N) is 4. The zero-order valence-electron chi connectivity index (χ0n) is 18.9. The molecule has 2 amide bonds. The van der Waals surface area contributed by atoms with E-state index in [1.165, 1.54) is 17.8 Å². The summed E-state index contributed by atoms with van der Waals surface area (Å²) in [5, 5.41) is 7.32. The van der Waals surface area contributed by atoms with Gasteiger partial charge in [-0.2, -0.15) is 5.26 Å². The van der Waals surface area contributed by atoms with Crippen LogP contribution in [0.15, 0.2) is 24.3 Å². The van der Waals surface area contributed by atoms with Crippen LogP contribution in [0.5, 0.6) is 0 Å². The fourth-order valence-corrected chi connectivity index (χ4v) is 2.61. The summed E-state index contributed by atoms with van der Waals surface area (Å²) < 4.78 is 134. The van der Waals surface area contributed by atoms with Crippen LogP contribution in [0.3, 0.4) is 0 Å². The first kappa shape index (κ1) is 30.2. The lowest BCUT2D eigenvalue weighted by atomic mass is 10.1. The van der Waals surface area contributed by atoms with Crippen molar-refractivity contribution < 1.29 is 53.5 Å². The number of hydrazine groups is 2. The zero-order chi connectivity index (χ0) is 29.6. The first-order chi connectivity index (χ1) is 18.3. The molecule has 0 spiro atoms. The molecule has 3 rings (SSSR count). The van der Waals surface area contributed by atoms with Crippen molar-refractivity contribution in [2.45, 2.75) is 6.92 Å². The van der Waals surface area contributed by atoms with Crippen LogP contribution in [0, 0.1) is 69.5 Å². The smallest absolute Gasteiger partial charge is 0.269 e. The van der Waals surface area contributed by atoms with Gasteiger partial charge in [-0.15, -0.1) is 0 Å². The normalized spacial score (nSPS) is 10.1. The molecule has 0 fully saturated rings. The van der Waals surface area contributed by atoms with Crippen LogP contribution in [-0.2, 0) is 0 Å². The fraction of sp³-hybridized carbons (Fsp3) is 0.0455. The van der Waals surface area contributed by atoms with Crippen molar-refractivity contribution in [1.82, 2.24) is 10.9 Å². The topological polar surface area (TPSA) is 106 Å². The number of nitrogens with zero attached hydrogens (tertiary/aromatic N) is 1. The summed E-state index contributed by atoms with van der Waals surface area (Å²) in [6, 6.07) is 5.68. The van der Waals surface area contributed by atoms with Crippen molar-refractivity contribution in [2.75, 3.05) is 10.9 Å². The lowest BCUT2D eigenvalue weighted by Crippen LogP contribution is -2.32. The number of halogens is 10. The third-order valence-corrected chi connectivity index (χ3v) is 4.41. The predicted octanol–water partition coefficient (Wildman–Crippen LogP) is 5.12. The molecule has 0 heterocycles. The zero-order valence-corrected chi connectivity index (χ0v) is 18.9. The minimum Gasteiger partial charge on any atom is -0.293 e. The van der Waals surface area contributed by atoms with Gasteiger partial charge in [-0.05, 0) is 18.2 Å². The van der Waals surface area contributed by atoms with Crippen LogP contribution < -0.4 is 21.7 Å². The van der Waals surface area contributed by atoms with Crippen LogP contribution in [0.2, 0.25) is 0 Å². The molecule has 0 saturated carbocycles. The molecule has 3 aromatic rings. The standard InChI is InChI=1S/C20H8F10N4O2.C2H3N/c21-7-9(23)13(27)17(14(28)10(7)24)31-33-19(35)5-2-1-3-6(4-5)20(36)34-32-18-15(29)11(25)8(22)12(26)16(18)30;1-2-3/h1-4,31-32H,(H,33,35)(H,34,36);1H3. The summed E-state index contributed by atoms with van der Waals surface area (Å²) >= 11 is 0. The van der Waals surface area contributed by atoms with Crippen molar-refractivity contribution in [2.24, 2.45) is 0 Å². The summed E-state index contributed by atoms with van der Waals surface area (Å²) in [5.74, 6) is -25.6. The number of hydrogen-bond donors (Lipinski definition) is 4. The lowest BCUT2D eigenvalue weighted by molar-refractivity contribution is 0.0961. The molecule has 0 aromatic heterocycles. The molecule has 0 atom stereocenters. The van der Waals surface area contributed by atoms with Gasteiger partial charge in [0.2, 0.25) is 11.6 Å². The Morgan fingerprint density at radius 3 is 1.13 bits per heavy atom. The number of nitriles is 1. The second-order valence-electron chi connectivity index (χ2n) is 6.85. The summed E-state index contributed by atoms with van der Waals surface area (Å²) in [6.07, 6.45) is 0. The Morgan fingerprint density at radius 2 is 0.846 bits per heavy atom. The van der Waals surface area contributed by atoms with E-state index in [0.29, 0.717) is 0 Å². The summed E-state index contributed by atoms with van der Waals surface area (Å²) in [6.45, 7) is 1.43. The highest BCUT2D eigenvalue weighted by Gasteiger charge is 2.27. The third kappa shape index (κ3) is 6.29. The Bertz CT molecular complexity index is 1330. The van der Waals surface area contributed by atoms with Gasteiger partial charge in [0.1, 0.15) is 11.4 Å². The van der Waals surface area contributed by atoms with E-state index in [4.69, 9.17) is 5.26 Å². The van der Waals surface area contributed by atoms with Gasteiger partial charge < -0.3 is 0 Å². The highest BCUT2D eigenvalue weighted by atomic mass is 19.2. The van der Waals surface area contributed by atoms with Crippen molar-refractivity contribution in [1.29, 1.82) is 5.26 Å². The molecule has 3 aromatic carbocycles. The summed E-state index contributed by atoms with van der Waals surface area (Å²) in [4.78, 5) is 24.4. The predicted molar refractivity (Wildman–Crippen MR) is 112 cm³/mol. The molecule has 17 heteroatoms. The first-order valence-corrected chi connectivity index (χ1v) is 9.84. The van der Waals surface area contributed by atoms with E-state index in [2.05, 4.69) is 0 Å². The highest BCUT2D eigenvalue weighted by Crippen LogP contribution is 2.27. The van der Waals surface area contributed by atoms with E-state index in [1.807, 2.05) is 0 Å². The van der Waals surface area contributed by atoms with Gasteiger partial charge in [0.05, 0.1) is 6.07 Å². The number of carbonyl (C=O) groups excluding carboxylic acids is 2. The molecular formula is C22H11F10N5O2. The van der Waals surface area contributed by atoms with Crippen LogP contribution in [0.1, 0.15) is 27.6 Å².